The van der Waals surface area contributed by atoms with Gasteiger partial charge in [0.25, 0.3) is 5.91 Å². The van der Waals surface area contributed by atoms with Gasteiger partial charge in [0.1, 0.15) is 0 Å². The molecule has 1 amide bonds. The first-order chi connectivity index (χ1) is 12.0. The van der Waals surface area contributed by atoms with Gasteiger partial charge < -0.3 is 10.0 Å². The Labute approximate surface area is 146 Å². The Hall–Kier alpha value is -2.43. The van der Waals surface area contributed by atoms with Crippen LogP contribution in [0.25, 0.3) is 10.9 Å². The normalized spacial score (nSPS) is 20.2. The maximum absolute atomic E-state index is 13.3. The van der Waals surface area contributed by atoms with E-state index in [-0.39, 0.29) is 18.4 Å². The number of aromatic nitrogens is 1. The summed E-state index contributed by atoms with van der Waals surface area (Å²) in [5.41, 5.74) is 3.61. The highest BCUT2D eigenvalue weighted by Crippen LogP contribution is 2.40. The van der Waals surface area contributed by atoms with Gasteiger partial charge >= 0.3 is 5.97 Å². The van der Waals surface area contributed by atoms with Crippen molar-refractivity contribution in [1.82, 2.24) is 9.88 Å². The molecule has 1 aliphatic heterocycles. The fourth-order valence-corrected chi connectivity index (χ4v) is 3.80. The van der Waals surface area contributed by atoms with E-state index in [1.54, 1.807) is 4.90 Å². The lowest BCUT2D eigenvalue weighted by molar-refractivity contribution is -0.137. The van der Waals surface area contributed by atoms with Gasteiger partial charge in [-0.05, 0) is 50.8 Å². The number of carboxylic acids is 1. The number of amides is 1. The number of carboxylic acid groups (broad SMARTS) is 1. The summed E-state index contributed by atoms with van der Waals surface area (Å²) < 4.78 is 0. The van der Waals surface area contributed by atoms with Crippen molar-refractivity contribution in [3.8, 4) is 0 Å². The minimum atomic E-state index is -0.848. The van der Waals surface area contributed by atoms with Crippen molar-refractivity contribution >= 4 is 22.8 Å². The lowest BCUT2D eigenvalue weighted by atomic mass is 10.0. The summed E-state index contributed by atoms with van der Waals surface area (Å²) >= 11 is 0. The number of rotatable bonds is 4. The number of fused-ring (bicyclic) bond motifs is 1. The molecule has 1 aromatic carbocycles. The van der Waals surface area contributed by atoms with Crippen molar-refractivity contribution in [3.63, 3.8) is 0 Å². The van der Waals surface area contributed by atoms with E-state index in [0.717, 1.165) is 47.8 Å². The summed E-state index contributed by atoms with van der Waals surface area (Å²) in [6.45, 7) is 2.64. The molecule has 2 aliphatic rings. The summed E-state index contributed by atoms with van der Waals surface area (Å²) in [6.07, 6.45) is 3.90. The van der Waals surface area contributed by atoms with Crippen LogP contribution < -0.4 is 0 Å². The molecule has 130 valence electrons. The maximum Gasteiger partial charge on any atom is 0.305 e. The van der Waals surface area contributed by atoms with E-state index in [1.165, 1.54) is 0 Å². The third-order valence-electron chi connectivity index (χ3n) is 5.26. The van der Waals surface area contributed by atoms with E-state index >= 15 is 0 Å². The number of aliphatic carboxylic acids is 1. The summed E-state index contributed by atoms with van der Waals surface area (Å²) in [5.74, 6) is -0.437. The monoisotopic (exact) mass is 338 g/mol. The molecule has 0 radical (unpaired) electrons. The van der Waals surface area contributed by atoms with Gasteiger partial charge in [0.05, 0.1) is 17.5 Å². The molecule has 1 saturated heterocycles. The quantitative estimate of drug-likeness (QED) is 0.926. The molecule has 4 rings (SSSR count). The molecular weight excluding hydrogens is 316 g/mol. The number of likely N-dealkylation sites (tertiary alicyclic amines) is 1. The highest BCUT2D eigenvalue weighted by molar-refractivity contribution is 6.06. The Balaban J connectivity index is 1.77. The number of hydrogen-bond acceptors (Lipinski definition) is 3. The van der Waals surface area contributed by atoms with Gasteiger partial charge in [0.15, 0.2) is 0 Å². The summed E-state index contributed by atoms with van der Waals surface area (Å²) in [4.78, 5) is 30.9. The lowest BCUT2D eigenvalue weighted by Crippen LogP contribution is -2.37. The van der Waals surface area contributed by atoms with Crippen LogP contribution in [0.15, 0.2) is 24.3 Å². The molecule has 1 aromatic heterocycles. The van der Waals surface area contributed by atoms with Crippen molar-refractivity contribution in [2.75, 3.05) is 6.54 Å². The standard InChI is InChI=1S/C20H22N2O3/c1-12-4-7-17-15(9-12)16(11-18(21-17)13-5-6-13)20(25)22-8-2-3-14(22)10-19(23)24/h4,7,9,11,13-14H,2-3,5-6,8,10H2,1H3,(H,23,24). The molecule has 1 unspecified atom stereocenters. The molecule has 1 N–H and O–H groups in total. The maximum atomic E-state index is 13.3. The van der Waals surface area contributed by atoms with Crippen LogP contribution >= 0.6 is 0 Å². The first-order valence-corrected chi connectivity index (χ1v) is 8.97. The highest BCUT2D eigenvalue weighted by atomic mass is 16.4. The van der Waals surface area contributed by atoms with Gasteiger partial charge in [0.2, 0.25) is 0 Å². The number of pyridine rings is 1. The SMILES string of the molecule is Cc1ccc2nc(C3CC3)cc(C(=O)N3CCCC3CC(=O)O)c2c1. The fourth-order valence-electron chi connectivity index (χ4n) is 3.80. The molecule has 5 nitrogen and oxygen atoms in total. The first-order valence-electron chi connectivity index (χ1n) is 8.97. The van der Waals surface area contributed by atoms with Crippen molar-refractivity contribution in [3.05, 3.63) is 41.1 Å². The molecule has 1 aliphatic carbocycles. The second-order valence-electron chi connectivity index (χ2n) is 7.28. The Bertz CT molecular complexity index is 857. The fraction of sp³-hybridized carbons (Fsp3) is 0.450. The predicted molar refractivity (Wildman–Crippen MR) is 94.8 cm³/mol. The van der Waals surface area contributed by atoms with Gasteiger partial charge in [-0.2, -0.15) is 0 Å². The lowest BCUT2D eigenvalue weighted by Gasteiger charge is -2.24. The number of nitrogens with zero attached hydrogens (tertiary/aromatic N) is 2. The van der Waals surface area contributed by atoms with Crippen LogP contribution in [0.3, 0.4) is 0 Å². The third-order valence-corrected chi connectivity index (χ3v) is 5.26. The molecule has 25 heavy (non-hydrogen) atoms. The zero-order valence-corrected chi connectivity index (χ0v) is 14.4. The van der Waals surface area contributed by atoms with Crippen molar-refractivity contribution in [1.29, 1.82) is 0 Å². The van der Waals surface area contributed by atoms with Gasteiger partial charge in [-0.15, -0.1) is 0 Å². The van der Waals surface area contributed by atoms with Gasteiger partial charge in [-0.3, -0.25) is 14.6 Å². The second-order valence-corrected chi connectivity index (χ2v) is 7.28. The van der Waals surface area contributed by atoms with E-state index in [2.05, 4.69) is 0 Å². The van der Waals surface area contributed by atoms with Crippen LogP contribution in [-0.4, -0.2) is 39.5 Å². The van der Waals surface area contributed by atoms with Gasteiger partial charge in [-0.1, -0.05) is 11.6 Å². The zero-order chi connectivity index (χ0) is 17.6. The van der Waals surface area contributed by atoms with Crippen LogP contribution in [-0.2, 0) is 4.79 Å². The Morgan fingerprint density at radius 1 is 1.24 bits per heavy atom. The zero-order valence-electron chi connectivity index (χ0n) is 14.4. The Morgan fingerprint density at radius 2 is 2.04 bits per heavy atom. The van der Waals surface area contributed by atoms with E-state index in [4.69, 9.17) is 10.1 Å². The topological polar surface area (TPSA) is 70.5 Å². The van der Waals surface area contributed by atoms with Crippen molar-refractivity contribution in [2.45, 2.75) is 51.0 Å². The number of carbonyl (C=O) groups excluding carboxylic acids is 1. The van der Waals surface area contributed by atoms with E-state index in [1.807, 2.05) is 31.2 Å². The van der Waals surface area contributed by atoms with E-state index < -0.39 is 5.97 Å². The smallest absolute Gasteiger partial charge is 0.305 e. The molecule has 1 saturated carbocycles. The van der Waals surface area contributed by atoms with E-state index in [0.29, 0.717) is 18.0 Å². The first kappa shape index (κ1) is 16.1. The average Bonchev–Trinajstić information content (AvgIpc) is 3.33. The van der Waals surface area contributed by atoms with Crippen LogP contribution in [0, 0.1) is 6.92 Å². The molecule has 2 aromatic rings. The summed E-state index contributed by atoms with van der Waals surface area (Å²) in [7, 11) is 0. The molecule has 2 fully saturated rings. The highest BCUT2D eigenvalue weighted by Gasteiger charge is 2.33. The number of aryl methyl sites for hydroxylation is 1. The third kappa shape index (κ3) is 3.11. The number of hydrogen-bond donors (Lipinski definition) is 1. The molecule has 0 spiro atoms. The average molecular weight is 338 g/mol. The number of carbonyl (C=O) groups is 2. The van der Waals surface area contributed by atoms with Gasteiger partial charge in [0, 0.05) is 29.6 Å². The van der Waals surface area contributed by atoms with Gasteiger partial charge in [-0.25, -0.2) is 0 Å². The minimum Gasteiger partial charge on any atom is -0.481 e. The van der Waals surface area contributed by atoms with Crippen LogP contribution in [0.2, 0.25) is 0 Å². The predicted octanol–water partition coefficient (Wildman–Crippen LogP) is 3.50. The summed E-state index contributed by atoms with van der Waals surface area (Å²) in [5, 5.41) is 10.0. The number of benzene rings is 1. The largest absolute Gasteiger partial charge is 0.481 e. The van der Waals surface area contributed by atoms with Crippen molar-refractivity contribution < 1.29 is 14.7 Å². The summed E-state index contributed by atoms with van der Waals surface area (Å²) in [6, 6.07) is 7.74. The molecule has 2 heterocycles. The Morgan fingerprint density at radius 3 is 2.76 bits per heavy atom. The second kappa shape index (κ2) is 6.14. The van der Waals surface area contributed by atoms with Crippen LogP contribution in [0.4, 0.5) is 0 Å². The molecule has 1 atom stereocenters. The minimum absolute atomic E-state index is 0.0171. The Kier molecular flexibility index (Phi) is 3.94. The molecular formula is C20H22N2O3. The van der Waals surface area contributed by atoms with Crippen molar-refractivity contribution in [2.24, 2.45) is 0 Å². The molecule has 5 heteroatoms. The van der Waals surface area contributed by atoms with Crippen LogP contribution in [0.1, 0.15) is 59.6 Å². The molecule has 0 bridgehead atoms. The van der Waals surface area contributed by atoms with Crippen LogP contribution in [0.5, 0.6) is 0 Å². The van der Waals surface area contributed by atoms with E-state index in [9.17, 15) is 9.59 Å².